The summed E-state index contributed by atoms with van der Waals surface area (Å²) >= 11 is 0. The first kappa shape index (κ1) is 24.7. The summed E-state index contributed by atoms with van der Waals surface area (Å²) in [5.41, 5.74) is 4.06. The summed E-state index contributed by atoms with van der Waals surface area (Å²) in [5.74, 6) is 0.347. The summed E-state index contributed by atoms with van der Waals surface area (Å²) in [6.07, 6.45) is 2.67. The molecule has 4 aromatic rings. The summed E-state index contributed by atoms with van der Waals surface area (Å²) < 4.78 is 22.6. The lowest BCUT2D eigenvalue weighted by Gasteiger charge is -2.14. The maximum absolute atomic E-state index is 12.2. The number of hydrogen-bond donors (Lipinski definition) is 2. The van der Waals surface area contributed by atoms with Gasteiger partial charge in [0.05, 0.1) is 6.61 Å². The Labute approximate surface area is 195 Å². The number of aromatic nitrogens is 1. The maximum Gasteiger partial charge on any atom is 0.527 e. The average molecular weight is 467 g/mol. The summed E-state index contributed by atoms with van der Waals surface area (Å²) in [6.45, 7) is 3.06. The number of benzene rings is 3. The fraction of sp³-hybridized carbons (Fsp3) is 0.231. The summed E-state index contributed by atoms with van der Waals surface area (Å²) in [4.78, 5) is 15.3. The van der Waals surface area contributed by atoms with Crippen LogP contribution in [0.25, 0.3) is 10.9 Å². The lowest BCUT2D eigenvalue weighted by Crippen LogP contribution is -2.10. The van der Waals surface area contributed by atoms with Crippen LogP contribution in [-0.4, -0.2) is 28.9 Å². The zero-order valence-corrected chi connectivity index (χ0v) is 20.2. The van der Waals surface area contributed by atoms with E-state index in [1.165, 1.54) is 5.56 Å². The molecule has 2 N–H and O–H groups in total. The average Bonchev–Trinajstić information content (AvgIpc) is 3.23. The second-order valence-electron chi connectivity index (χ2n) is 7.89. The SMILES string of the molecule is CCc1c[nH]c2cccc(OP(=O)(O)OCc3ccccc3)c12.CN(C)Cc1ccccc1. The van der Waals surface area contributed by atoms with E-state index >= 15 is 0 Å². The molecule has 4 rings (SSSR count). The number of hydrogen-bond acceptors (Lipinski definition) is 4. The van der Waals surface area contributed by atoms with Gasteiger partial charge >= 0.3 is 7.82 Å². The Morgan fingerprint density at radius 3 is 2.15 bits per heavy atom. The number of aryl methyl sites for hydroxylation is 1. The van der Waals surface area contributed by atoms with E-state index in [4.69, 9.17) is 9.05 Å². The summed E-state index contributed by atoms with van der Waals surface area (Å²) in [5, 5.41) is 0.813. The van der Waals surface area contributed by atoms with Crippen molar-refractivity contribution in [1.82, 2.24) is 9.88 Å². The molecule has 7 heteroatoms. The quantitative estimate of drug-likeness (QED) is 0.304. The van der Waals surface area contributed by atoms with Crippen molar-refractivity contribution in [3.05, 3.63) is 102 Å². The molecule has 1 unspecified atom stereocenters. The molecule has 0 spiro atoms. The molecule has 3 aromatic carbocycles. The second kappa shape index (κ2) is 11.8. The minimum Gasteiger partial charge on any atom is -0.403 e. The van der Waals surface area contributed by atoms with Crippen molar-refractivity contribution in [2.75, 3.05) is 14.1 Å². The number of phosphoric ester groups is 1. The minimum absolute atomic E-state index is 0.0123. The standard InChI is InChI=1S/C17H18NO4P.C9H13N/c1-2-14-11-18-15-9-6-10-16(17(14)15)22-23(19,20)21-12-13-7-4-3-5-8-13;1-10(2)8-9-6-4-3-5-7-9/h3-11,18H,2,12H2,1H3,(H,19,20);3-7H,8H2,1-2H3. The molecule has 0 aliphatic rings. The van der Waals surface area contributed by atoms with Crippen molar-refractivity contribution in [1.29, 1.82) is 0 Å². The molecule has 1 atom stereocenters. The number of rotatable bonds is 8. The lowest BCUT2D eigenvalue weighted by atomic mass is 10.1. The smallest absolute Gasteiger partial charge is 0.403 e. The highest BCUT2D eigenvalue weighted by Gasteiger charge is 2.25. The molecule has 6 nitrogen and oxygen atoms in total. The van der Waals surface area contributed by atoms with Gasteiger partial charge in [0.15, 0.2) is 0 Å². The molecule has 0 saturated heterocycles. The molecule has 0 saturated carbocycles. The number of nitrogens with one attached hydrogen (secondary N) is 1. The van der Waals surface area contributed by atoms with Crippen molar-refractivity contribution >= 4 is 18.7 Å². The fourth-order valence-electron chi connectivity index (χ4n) is 3.40. The molecular weight excluding hydrogens is 435 g/mol. The first-order valence-corrected chi connectivity index (χ1v) is 12.4. The van der Waals surface area contributed by atoms with Crippen molar-refractivity contribution < 1.29 is 18.5 Å². The zero-order valence-electron chi connectivity index (χ0n) is 19.3. The van der Waals surface area contributed by atoms with Crippen LogP contribution in [0, 0.1) is 0 Å². The largest absolute Gasteiger partial charge is 0.527 e. The van der Waals surface area contributed by atoms with Gasteiger partial charge < -0.3 is 14.4 Å². The third kappa shape index (κ3) is 7.58. The number of nitrogens with zero attached hydrogens (tertiary/aromatic N) is 1. The van der Waals surface area contributed by atoms with E-state index in [-0.39, 0.29) is 6.61 Å². The van der Waals surface area contributed by atoms with Crippen LogP contribution in [-0.2, 0) is 28.7 Å². The van der Waals surface area contributed by atoms with Crippen molar-refractivity contribution in [2.24, 2.45) is 0 Å². The van der Waals surface area contributed by atoms with Crippen LogP contribution in [0.15, 0.2) is 85.1 Å². The molecule has 1 heterocycles. The van der Waals surface area contributed by atoms with E-state index in [0.717, 1.165) is 35.0 Å². The van der Waals surface area contributed by atoms with Crippen molar-refractivity contribution in [3.8, 4) is 5.75 Å². The number of H-pyrrole nitrogens is 1. The molecular formula is C26H31N2O4P. The van der Waals surface area contributed by atoms with Crippen LogP contribution in [0.2, 0.25) is 0 Å². The number of fused-ring (bicyclic) bond motifs is 1. The zero-order chi connectivity index (χ0) is 23.7. The highest BCUT2D eigenvalue weighted by molar-refractivity contribution is 7.47. The van der Waals surface area contributed by atoms with Crippen LogP contribution < -0.4 is 4.52 Å². The molecule has 0 aliphatic heterocycles. The van der Waals surface area contributed by atoms with Crippen molar-refractivity contribution in [2.45, 2.75) is 26.5 Å². The van der Waals surface area contributed by atoms with Gasteiger partial charge in [0.1, 0.15) is 5.75 Å². The first-order chi connectivity index (χ1) is 15.9. The van der Waals surface area contributed by atoms with Crippen LogP contribution in [0.4, 0.5) is 0 Å². The predicted molar refractivity (Wildman–Crippen MR) is 133 cm³/mol. The highest BCUT2D eigenvalue weighted by Crippen LogP contribution is 2.47. The molecule has 33 heavy (non-hydrogen) atoms. The van der Waals surface area contributed by atoms with E-state index in [1.54, 1.807) is 12.1 Å². The predicted octanol–water partition coefficient (Wildman–Crippen LogP) is 6.17. The van der Waals surface area contributed by atoms with E-state index in [9.17, 15) is 9.46 Å². The molecule has 1 aromatic heterocycles. The van der Waals surface area contributed by atoms with Gasteiger partial charge in [-0.15, -0.1) is 0 Å². The van der Waals surface area contributed by atoms with E-state index in [0.29, 0.717) is 5.75 Å². The van der Waals surface area contributed by atoms with Gasteiger partial charge in [0.2, 0.25) is 0 Å². The summed E-state index contributed by atoms with van der Waals surface area (Å²) in [6, 6.07) is 25.0. The van der Waals surface area contributed by atoms with E-state index in [2.05, 4.69) is 48.2 Å². The Kier molecular flexibility index (Phi) is 8.87. The van der Waals surface area contributed by atoms with Gasteiger partial charge in [-0.2, -0.15) is 0 Å². The molecule has 0 bridgehead atoms. The normalized spacial score (nSPS) is 12.8. The van der Waals surface area contributed by atoms with E-state index < -0.39 is 7.82 Å². The van der Waals surface area contributed by atoms with Gasteiger partial charge in [-0.05, 0) is 49.3 Å². The first-order valence-electron chi connectivity index (χ1n) is 10.9. The summed E-state index contributed by atoms with van der Waals surface area (Å²) in [7, 11) is -0.0513. The molecule has 174 valence electrons. The third-order valence-corrected chi connectivity index (χ3v) is 5.81. The number of aromatic amines is 1. The van der Waals surface area contributed by atoms with Crippen LogP contribution in [0.3, 0.4) is 0 Å². The van der Waals surface area contributed by atoms with Gasteiger partial charge in [-0.1, -0.05) is 73.7 Å². The highest BCUT2D eigenvalue weighted by atomic mass is 31.2. The van der Waals surface area contributed by atoms with Crippen LogP contribution >= 0.6 is 7.82 Å². The maximum atomic E-state index is 12.2. The Morgan fingerprint density at radius 1 is 0.909 bits per heavy atom. The van der Waals surface area contributed by atoms with Crippen LogP contribution in [0.1, 0.15) is 23.6 Å². The Hall–Kier alpha value is -2.89. The molecule has 0 radical (unpaired) electrons. The molecule has 0 amide bonds. The minimum atomic E-state index is -4.20. The molecule has 0 fully saturated rings. The van der Waals surface area contributed by atoms with Crippen LogP contribution in [0.5, 0.6) is 5.75 Å². The Balaban J connectivity index is 0.000000257. The topological polar surface area (TPSA) is 74.8 Å². The second-order valence-corrected chi connectivity index (χ2v) is 9.27. The molecule has 0 aliphatic carbocycles. The fourth-order valence-corrected chi connectivity index (χ4v) is 4.17. The Bertz CT molecular complexity index is 1180. The van der Waals surface area contributed by atoms with E-state index in [1.807, 2.05) is 55.6 Å². The van der Waals surface area contributed by atoms with Crippen molar-refractivity contribution in [3.63, 3.8) is 0 Å². The van der Waals surface area contributed by atoms with Gasteiger partial charge in [0.25, 0.3) is 0 Å². The lowest BCUT2D eigenvalue weighted by molar-refractivity contribution is 0.196. The van der Waals surface area contributed by atoms with Gasteiger partial charge in [0, 0.05) is 23.6 Å². The third-order valence-electron chi connectivity index (χ3n) is 4.92. The Morgan fingerprint density at radius 2 is 1.55 bits per heavy atom. The van der Waals surface area contributed by atoms with Gasteiger partial charge in [-0.25, -0.2) is 4.57 Å². The monoisotopic (exact) mass is 466 g/mol. The number of phosphoric acid groups is 1. The van der Waals surface area contributed by atoms with Gasteiger partial charge in [-0.3, -0.25) is 9.42 Å².